The topological polar surface area (TPSA) is 39.1 Å². The van der Waals surface area contributed by atoms with Gasteiger partial charge in [0, 0.05) is 20.2 Å². The second kappa shape index (κ2) is 5.05. The maximum Gasteiger partial charge on any atom is 0.268 e. The lowest BCUT2D eigenvalue weighted by atomic mass is 10.2. The first-order valence-electron chi connectivity index (χ1n) is 5.77. The summed E-state index contributed by atoms with van der Waals surface area (Å²) >= 11 is 8.08. The number of nitrogens with zero attached hydrogens (tertiary/aromatic N) is 1. The molecule has 0 spiro atoms. The van der Waals surface area contributed by atoms with Crippen LogP contribution in [0.4, 0.5) is 0 Å². The van der Waals surface area contributed by atoms with Gasteiger partial charge in [0.1, 0.15) is 0 Å². The molecule has 0 radical (unpaired) electrons. The highest BCUT2D eigenvalue weighted by Crippen LogP contribution is 2.29. The van der Waals surface area contributed by atoms with E-state index in [9.17, 15) is 8.42 Å². The Morgan fingerprint density at radius 3 is 2.45 bits per heavy atom. The third kappa shape index (κ3) is 2.23. The van der Waals surface area contributed by atoms with Crippen LogP contribution in [0.15, 0.2) is 59.6 Å². The summed E-state index contributed by atoms with van der Waals surface area (Å²) in [6.07, 6.45) is 1.61. The van der Waals surface area contributed by atoms with E-state index < -0.39 is 10.0 Å². The van der Waals surface area contributed by atoms with Crippen LogP contribution in [0.2, 0.25) is 5.02 Å². The van der Waals surface area contributed by atoms with Crippen molar-refractivity contribution in [2.24, 2.45) is 0 Å². The molecule has 0 N–H and O–H groups in total. The Kier molecular flexibility index (Phi) is 3.51. The van der Waals surface area contributed by atoms with Gasteiger partial charge in [-0.2, -0.15) is 0 Å². The molecule has 3 rings (SSSR count). The molecule has 6 heteroatoms. The molecule has 3 aromatic rings. The summed E-state index contributed by atoms with van der Waals surface area (Å²) < 4.78 is 27.5. The Labute approximate surface area is 135 Å². The fraction of sp³-hybridized carbons (Fsp3) is 0. The molecule has 3 nitrogen and oxygen atoms in total. The van der Waals surface area contributed by atoms with E-state index in [4.69, 9.17) is 11.6 Å². The summed E-state index contributed by atoms with van der Waals surface area (Å²) in [5.41, 5.74) is 0.627. The SMILES string of the molecule is O=S(=O)(c1ccccc1)n1cc(I)c2cc(Cl)ccc21. The second-order valence-electron chi connectivity index (χ2n) is 4.25. The highest BCUT2D eigenvalue weighted by Gasteiger charge is 2.20. The largest absolute Gasteiger partial charge is 0.268 e. The Hall–Kier alpha value is -1.05. The van der Waals surface area contributed by atoms with Crippen LogP contribution < -0.4 is 0 Å². The molecular formula is C14H9ClINO2S. The molecule has 1 heterocycles. The first-order chi connectivity index (χ1) is 9.50. The van der Waals surface area contributed by atoms with Gasteiger partial charge in [-0.25, -0.2) is 12.4 Å². The molecule has 0 saturated heterocycles. The van der Waals surface area contributed by atoms with Crippen LogP contribution in [0.3, 0.4) is 0 Å². The molecule has 0 amide bonds. The van der Waals surface area contributed by atoms with Crippen molar-refractivity contribution in [1.29, 1.82) is 0 Å². The van der Waals surface area contributed by atoms with Crippen molar-refractivity contribution in [3.05, 3.63) is 63.3 Å². The van der Waals surface area contributed by atoms with Crippen molar-refractivity contribution in [2.45, 2.75) is 4.90 Å². The summed E-state index contributed by atoms with van der Waals surface area (Å²) in [7, 11) is -3.59. The molecule has 102 valence electrons. The van der Waals surface area contributed by atoms with Crippen molar-refractivity contribution in [1.82, 2.24) is 3.97 Å². The number of fused-ring (bicyclic) bond motifs is 1. The average molecular weight is 418 g/mol. The lowest BCUT2D eigenvalue weighted by molar-refractivity contribution is 0.589. The van der Waals surface area contributed by atoms with Gasteiger partial charge in [0.2, 0.25) is 0 Å². The molecule has 2 aromatic carbocycles. The second-order valence-corrected chi connectivity index (χ2v) is 7.67. The van der Waals surface area contributed by atoms with Crippen LogP contribution in [-0.2, 0) is 10.0 Å². The predicted octanol–water partition coefficient (Wildman–Crippen LogP) is 4.14. The van der Waals surface area contributed by atoms with Gasteiger partial charge in [-0.05, 0) is 52.9 Å². The van der Waals surface area contributed by atoms with Gasteiger partial charge in [0.05, 0.1) is 10.4 Å². The summed E-state index contributed by atoms with van der Waals surface area (Å²) in [6, 6.07) is 13.6. The normalized spacial score (nSPS) is 11.9. The van der Waals surface area contributed by atoms with E-state index in [1.165, 1.54) is 3.97 Å². The number of hydrogen-bond donors (Lipinski definition) is 0. The van der Waals surface area contributed by atoms with E-state index in [2.05, 4.69) is 22.6 Å². The van der Waals surface area contributed by atoms with Crippen LogP contribution in [0, 0.1) is 3.57 Å². The smallest absolute Gasteiger partial charge is 0.240 e. The summed E-state index contributed by atoms with van der Waals surface area (Å²) in [5, 5.41) is 1.42. The van der Waals surface area contributed by atoms with Crippen molar-refractivity contribution < 1.29 is 8.42 Å². The Morgan fingerprint density at radius 1 is 1.05 bits per heavy atom. The van der Waals surface area contributed by atoms with Crippen molar-refractivity contribution in [2.75, 3.05) is 0 Å². The minimum atomic E-state index is -3.59. The molecule has 0 bridgehead atoms. The zero-order valence-electron chi connectivity index (χ0n) is 10.1. The van der Waals surface area contributed by atoms with Gasteiger partial charge in [-0.1, -0.05) is 29.8 Å². The molecule has 0 aliphatic carbocycles. The maximum absolute atomic E-state index is 12.7. The van der Waals surface area contributed by atoms with E-state index in [0.29, 0.717) is 10.5 Å². The average Bonchev–Trinajstić information content (AvgIpc) is 2.77. The van der Waals surface area contributed by atoms with Crippen LogP contribution in [0.5, 0.6) is 0 Å². The van der Waals surface area contributed by atoms with Gasteiger partial charge < -0.3 is 0 Å². The quantitative estimate of drug-likeness (QED) is 0.588. The van der Waals surface area contributed by atoms with Crippen LogP contribution in [0.1, 0.15) is 0 Å². The zero-order chi connectivity index (χ0) is 14.3. The molecule has 0 unspecified atom stereocenters. The highest BCUT2D eigenvalue weighted by molar-refractivity contribution is 14.1. The zero-order valence-corrected chi connectivity index (χ0v) is 13.9. The first-order valence-corrected chi connectivity index (χ1v) is 8.66. The monoisotopic (exact) mass is 417 g/mol. The van der Waals surface area contributed by atoms with Crippen molar-refractivity contribution in [3.63, 3.8) is 0 Å². The Balaban J connectivity index is 2.31. The van der Waals surface area contributed by atoms with Crippen LogP contribution in [-0.4, -0.2) is 12.4 Å². The molecule has 1 aromatic heterocycles. The third-order valence-corrected chi connectivity index (χ3v) is 5.77. The van der Waals surface area contributed by atoms with E-state index in [-0.39, 0.29) is 4.90 Å². The van der Waals surface area contributed by atoms with E-state index in [1.54, 1.807) is 54.7 Å². The Bertz CT molecular complexity index is 888. The van der Waals surface area contributed by atoms with Crippen molar-refractivity contribution in [3.8, 4) is 0 Å². The first kappa shape index (κ1) is 13.9. The van der Waals surface area contributed by atoms with Crippen LogP contribution in [0.25, 0.3) is 10.9 Å². The molecule has 0 aliphatic rings. The fourth-order valence-electron chi connectivity index (χ4n) is 2.04. The molecule has 0 atom stereocenters. The number of hydrogen-bond acceptors (Lipinski definition) is 2. The lowest BCUT2D eigenvalue weighted by Crippen LogP contribution is -2.11. The number of aromatic nitrogens is 1. The number of halogens is 2. The molecule has 0 fully saturated rings. The lowest BCUT2D eigenvalue weighted by Gasteiger charge is -2.07. The standard InChI is InChI=1S/C14H9ClINO2S/c15-10-6-7-14-12(8-10)13(16)9-17(14)20(18,19)11-4-2-1-3-5-11/h1-9H. The van der Waals surface area contributed by atoms with Gasteiger partial charge in [-0.15, -0.1) is 0 Å². The minimum Gasteiger partial charge on any atom is -0.240 e. The van der Waals surface area contributed by atoms with E-state index >= 15 is 0 Å². The molecule has 0 saturated carbocycles. The predicted molar refractivity (Wildman–Crippen MR) is 88.7 cm³/mol. The molecule has 20 heavy (non-hydrogen) atoms. The number of benzene rings is 2. The summed E-state index contributed by atoms with van der Waals surface area (Å²) in [4.78, 5) is 0.267. The van der Waals surface area contributed by atoms with Crippen molar-refractivity contribution >= 4 is 55.1 Å². The van der Waals surface area contributed by atoms with Gasteiger partial charge in [-0.3, -0.25) is 0 Å². The van der Waals surface area contributed by atoms with Gasteiger partial charge >= 0.3 is 0 Å². The van der Waals surface area contributed by atoms with Crippen LogP contribution >= 0.6 is 34.2 Å². The number of rotatable bonds is 2. The minimum absolute atomic E-state index is 0.267. The van der Waals surface area contributed by atoms with E-state index in [0.717, 1.165) is 8.96 Å². The third-order valence-electron chi connectivity index (χ3n) is 2.98. The van der Waals surface area contributed by atoms with Gasteiger partial charge in [0.15, 0.2) is 0 Å². The fourth-order valence-corrected chi connectivity index (χ4v) is 4.50. The summed E-state index contributed by atoms with van der Waals surface area (Å²) in [5.74, 6) is 0. The van der Waals surface area contributed by atoms with Gasteiger partial charge in [0.25, 0.3) is 10.0 Å². The van der Waals surface area contributed by atoms with E-state index in [1.807, 2.05) is 0 Å². The Morgan fingerprint density at radius 2 is 1.75 bits per heavy atom. The highest BCUT2D eigenvalue weighted by atomic mass is 127. The molecular weight excluding hydrogens is 409 g/mol. The maximum atomic E-state index is 12.7. The molecule has 0 aliphatic heterocycles. The summed E-state index contributed by atoms with van der Waals surface area (Å²) in [6.45, 7) is 0.